The molecule has 1 atom stereocenters. The lowest BCUT2D eigenvalue weighted by Gasteiger charge is -1.96. The second kappa shape index (κ2) is 4.54. The number of hydrogen-bond donors (Lipinski definition) is 2. The molecule has 0 bridgehead atoms. The summed E-state index contributed by atoms with van der Waals surface area (Å²) in [5.74, 6) is 5.77. The molecule has 68 valence electrons. The fourth-order valence-electron chi connectivity index (χ4n) is 0.905. The summed E-state index contributed by atoms with van der Waals surface area (Å²) in [6.45, 7) is 1.71. The lowest BCUT2D eigenvalue weighted by atomic mass is 10.2. The maximum atomic E-state index is 8.97. The van der Waals surface area contributed by atoms with Crippen molar-refractivity contribution in [2.45, 2.75) is 19.4 Å². The number of benzene rings is 1. The Bertz CT molecular complexity index is 333. The van der Waals surface area contributed by atoms with Crippen LogP contribution in [-0.4, -0.2) is 11.2 Å². The van der Waals surface area contributed by atoms with Crippen molar-refractivity contribution in [3.63, 3.8) is 0 Å². The van der Waals surface area contributed by atoms with Gasteiger partial charge in [0.2, 0.25) is 0 Å². The van der Waals surface area contributed by atoms with Crippen LogP contribution in [0.5, 0.6) is 0 Å². The van der Waals surface area contributed by atoms with Crippen LogP contribution in [0.25, 0.3) is 0 Å². The van der Waals surface area contributed by atoms with E-state index in [2.05, 4.69) is 11.8 Å². The molecule has 1 aromatic carbocycles. The number of aliphatic hydroxyl groups is 1. The van der Waals surface area contributed by atoms with Crippen LogP contribution in [0.3, 0.4) is 0 Å². The van der Waals surface area contributed by atoms with Crippen molar-refractivity contribution in [2.75, 3.05) is 5.73 Å². The highest BCUT2D eigenvalue weighted by Gasteiger charge is 1.92. The Labute approximate surface area is 78.4 Å². The Kier molecular flexibility index (Phi) is 3.36. The molecule has 0 fully saturated rings. The second-order valence-corrected chi connectivity index (χ2v) is 2.94. The van der Waals surface area contributed by atoms with Gasteiger partial charge in [-0.15, -0.1) is 0 Å². The summed E-state index contributed by atoms with van der Waals surface area (Å²) < 4.78 is 0. The minimum absolute atomic E-state index is 0.377. The van der Waals surface area contributed by atoms with Gasteiger partial charge in [-0.25, -0.2) is 0 Å². The molecule has 0 saturated carbocycles. The zero-order valence-electron chi connectivity index (χ0n) is 7.62. The van der Waals surface area contributed by atoms with E-state index in [1.165, 1.54) is 0 Å². The first kappa shape index (κ1) is 9.63. The van der Waals surface area contributed by atoms with E-state index in [9.17, 15) is 0 Å². The van der Waals surface area contributed by atoms with E-state index >= 15 is 0 Å². The molecule has 0 saturated heterocycles. The zero-order chi connectivity index (χ0) is 9.68. The number of nitrogen functional groups attached to an aromatic ring is 1. The van der Waals surface area contributed by atoms with Crippen LogP contribution >= 0.6 is 0 Å². The first-order valence-electron chi connectivity index (χ1n) is 4.21. The smallest absolute Gasteiger partial charge is 0.0621 e. The van der Waals surface area contributed by atoms with Crippen LogP contribution in [0.15, 0.2) is 24.3 Å². The summed E-state index contributed by atoms with van der Waals surface area (Å²) in [4.78, 5) is 0. The molecule has 1 aromatic rings. The van der Waals surface area contributed by atoms with Crippen molar-refractivity contribution < 1.29 is 5.11 Å². The molecule has 0 aliphatic rings. The van der Waals surface area contributed by atoms with Gasteiger partial charge in [-0.1, -0.05) is 24.0 Å². The molecule has 1 unspecified atom stereocenters. The van der Waals surface area contributed by atoms with Crippen LogP contribution in [-0.2, 0) is 0 Å². The van der Waals surface area contributed by atoms with Crippen molar-refractivity contribution in [2.24, 2.45) is 0 Å². The Morgan fingerprint density at radius 2 is 2.15 bits per heavy atom. The molecule has 1 rings (SSSR count). The molecule has 0 amide bonds. The molecular formula is C11H13NO. The van der Waals surface area contributed by atoms with Crippen LogP contribution in [0.2, 0.25) is 0 Å². The number of aliphatic hydroxyl groups excluding tert-OH is 1. The quantitative estimate of drug-likeness (QED) is 0.500. The van der Waals surface area contributed by atoms with E-state index < -0.39 is 0 Å². The maximum Gasteiger partial charge on any atom is 0.0621 e. The number of hydrogen-bond acceptors (Lipinski definition) is 2. The third-order valence-electron chi connectivity index (χ3n) is 1.58. The summed E-state index contributed by atoms with van der Waals surface area (Å²) in [6, 6.07) is 7.44. The Hall–Kier alpha value is -1.46. The van der Waals surface area contributed by atoms with Crippen molar-refractivity contribution in [1.82, 2.24) is 0 Å². The fraction of sp³-hybridized carbons (Fsp3) is 0.273. The molecule has 0 spiro atoms. The van der Waals surface area contributed by atoms with Gasteiger partial charge in [0.05, 0.1) is 6.10 Å². The van der Waals surface area contributed by atoms with Gasteiger partial charge in [0.15, 0.2) is 0 Å². The molecule has 0 radical (unpaired) electrons. The van der Waals surface area contributed by atoms with Crippen LogP contribution in [0.4, 0.5) is 5.69 Å². The first-order valence-corrected chi connectivity index (χ1v) is 4.21. The van der Waals surface area contributed by atoms with Gasteiger partial charge in [-0.3, -0.25) is 0 Å². The van der Waals surface area contributed by atoms with Crippen LogP contribution < -0.4 is 5.73 Å². The molecule has 0 aliphatic heterocycles. The summed E-state index contributed by atoms with van der Waals surface area (Å²) in [6.07, 6.45) is 0.103. The molecule has 13 heavy (non-hydrogen) atoms. The van der Waals surface area contributed by atoms with E-state index in [4.69, 9.17) is 10.8 Å². The topological polar surface area (TPSA) is 46.2 Å². The fourth-order valence-corrected chi connectivity index (χ4v) is 0.905. The minimum atomic E-state index is -0.377. The lowest BCUT2D eigenvalue weighted by molar-refractivity contribution is 0.201. The van der Waals surface area contributed by atoms with Crippen LogP contribution in [0.1, 0.15) is 18.9 Å². The molecule has 0 aliphatic carbocycles. The average Bonchev–Trinajstić information content (AvgIpc) is 2.08. The Morgan fingerprint density at radius 3 is 2.77 bits per heavy atom. The number of nitrogens with two attached hydrogens (primary N) is 1. The Morgan fingerprint density at radius 1 is 1.46 bits per heavy atom. The predicted octanol–water partition coefficient (Wildman–Crippen LogP) is 1.39. The standard InChI is InChI=1S/C11H13NO/c1-9(13)5-4-7-10-6-2-3-8-11(10)12/h2-3,6,8-9,13H,5,12H2,1H3. The number of para-hydroxylation sites is 1. The van der Waals surface area contributed by atoms with Gasteiger partial charge in [0.1, 0.15) is 0 Å². The summed E-state index contributed by atoms with van der Waals surface area (Å²) in [5.41, 5.74) is 7.18. The van der Waals surface area contributed by atoms with Gasteiger partial charge in [-0.2, -0.15) is 0 Å². The van der Waals surface area contributed by atoms with Gasteiger partial charge in [-0.05, 0) is 19.1 Å². The molecule has 0 aromatic heterocycles. The van der Waals surface area contributed by atoms with Crippen LogP contribution in [0, 0.1) is 11.8 Å². The van der Waals surface area contributed by atoms with Gasteiger partial charge in [0.25, 0.3) is 0 Å². The average molecular weight is 175 g/mol. The van der Waals surface area contributed by atoms with Crippen molar-refractivity contribution >= 4 is 5.69 Å². The van der Waals surface area contributed by atoms with E-state index in [0.717, 1.165) is 5.56 Å². The molecule has 2 nitrogen and oxygen atoms in total. The van der Waals surface area contributed by atoms with Crippen molar-refractivity contribution in [3.05, 3.63) is 29.8 Å². The predicted molar refractivity (Wildman–Crippen MR) is 54.0 cm³/mol. The third kappa shape index (κ3) is 3.18. The molecular weight excluding hydrogens is 162 g/mol. The van der Waals surface area contributed by atoms with E-state index in [-0.39, 0.29) is 6.10 Å². The summed E-state index contributed by atoms with van der Waals surface area (Å²) in [7, 11) is 0. The third-order valence-corrected chi connectivity index (χ3v) is 1.58. The summed E-state index contributed by atoms with van der Waals surface area (Å²) >= 11 is 0. The lowest BCUT2D eigenvalue weighted by Crippen LogP contribution is -1.96. The number of anilines is 1. The van der Waals surface area contributed by atoms with E-state index in [0.29, 0.717) is 12.1 Å². The normalized spacial score (nSPS) is 11.5. The van der Waals surface area contributed by atoms with Crippen molar-refractivity contribution in [1.29, 1.82) is 0 Å². The summed E-state index contributed by atoms with van der Waals surface area (Å²) in [5, 5.41) is 8.97. The molecule has 2 heteroatoms. The highest BCUT2D eigenvalue weighted by Crippen LogP contribution is 2.08. The van der Waals surface area contributed by atoms with Gasteiger partial charge >= 0.3 is 0 Å². The van der Waals surface area contributed by atoms with Gasteiger partial charge < -0.3 is 10.8 Å². The number of rotatable bonds is 1. The van der Waals surface area contributed by atoms with Crippen molar-refractivity contribution in [3.8, 4) is 11.8 Å². The van der Waals surface area contributed by atoms with E-state index in [1.54, 1.807) is 6.92 Å². The SMILES string of the molecule is CC(O)CC#Cc1ccccc1N. The minimum Gasteiger partial charge on any atom is -0.398 e. The highest BCUT2D eigenvalue weighted by molar-refractivity contribution is 5.55. The molecule has 3 N–H and O–H groups in total. The molecule has 0 heterocycles. The second-order valence-electron chi connectivity index (χ2n) is 2.94. The van der Waals surface area contributed by atoms with E-state index in [1.807, 2.05) is 24.3 Å². The zero-order valence-corrected chi connectivity index (χ0v) is 7.62. The van der Waals surface area contributed by atoms with Gasteiger partial charge in [0, 0.05) is 17.7 Å². The largest absolute Gasteiger partial charge is 0.398 e. The highest BCUT2D eigenvalue weighted by atomic mass is 16.3. The maximum absolute atomic E-state index is 8.97. The Balaban J connectivity index is 2.72. The monoisotopic (exact) mass is 175 g/mol. The first-order chi connectivity index (χ1) is 6.20.